The Balaban J connectivity index is 2.89. The molecule has 116 valence electrons. The molecule has 0 unspecified atom stereocenters. The summed E-state index contributed by atoms with van der Waals surface area (Å²) < 4.78 is 10.3. The van der Waals surface area contributed by atoms with Crippen LogP contribution in [0.2, 0.25) is 0 Å². The van der Waals surface area contributed by atoms with Gasteiger partial charge in [-0.3, -0.25) is 9.59 Å². The number of esters is 2. The molecule has 5 nitrogen and oxygen atoms in total. The van der Waals surface area contributed by atoms with E-state index in [4.69, 9.17) is 15.2 Å². The van der Waals surface area contributed by atoms with E-state index in [0.29, 0.717) is 5.69 Å². The molecule has 21 heavy (non-hydrogen) atoms. The van der Waals surface area contributed by atoms with Crippen molar-refractivity contribution in [2.45, 2.75) is 39.7 Å². The van der Waals surface area contributed by atoms with Crippen LogP contribution in [0.25, 0.3) is 0 Å². The van der Waals surface area contributed by atoms with Gasteiger partial charge in [0.05, 0.1) is 6.61 Å². The van der Waals surface area contributed by atoms with Gasteiger partial charge in [-0.1, -0.05) is 12.1 Å². The van der Waals surface area contributed by atoms with Crippen LogP contribution < -0.4 is 5.73 Å². The topological polar surface area (TPSA) is 78.6 Å². The van der Waals surface area contributed by atoms with Gasteiger partial charge in [0.25, 0.3) is 0 Å². The molecule has 0 bridgehead atoms. The summed E-state index contributed by atoms with van der Waals surface area (Å²) in [5, 5.41) is 0. The average molecular weight is 293 g/mol. The van der Waals surface area contributed by atoms with Gasteiger partial charge < -0.3 is 15.2 Å². The van der Waals surface area contributed by atoms with Crippen LogP contribution in [0.4, 0.5) is 5.69 Å². The number of anilines is 1. The SMILES string of the molecule is CCOC(=O)[C@H](Cc1ccc(N)cc1)C(=O)OC(C)(C)C. The summed E-state index contributed by atoms with van der Waals surface area (Å²) in [4.78, 5) is 24.2. The number of nitrogen functional groups attached to an aromatic ring is 1. The molecule has 2 N–H and O–H groups in total. The van der Waals surface area contributed by atoms with E-state index < -0.39 is 23.5 Å². The highest BCUT2D eigenvalue weighted by Crippen LogP contribution is 2.18. The number of nitrogens with two attached hydrogens (primary N) is 1. The molecular weight excluding hydrogens is 270 g/mol. The van der Waals surface area contributed by atoms with Crippen LogP contribution in [0.15, 0.2) is 24.3 Å². The molecule has 0 spiro atoms. The van der Waals surface area contributed by atoms with Gasteiger partial charge >= 0.3 is 11.9 Å². The zero-order valence-corrected chi connectivity index (χ0v) is 13.0. The van der Waals surface area contributed by atoms with Gasteiger partial charge in [0.15, 0.2) is 5.92 Å². The van der Waals surface area contributed by atoms with Gasteiger partial charge in [-0.25, -0.2) is 0 Å². The quantitative estimate of drug-likeness (QED) is 0.512. The Morgan fingerprint density at radius 3 is 2.19 bits per heavy atom. The molecule has 1 aromatic carbocycles. The zero-order valence-electron chi connectivity index (χ0n) is 13.0. The maximum atomic E-state index is 12.2. The smallest absolute Gasteiger partial charge is 0.321 e. The first-order valence-corrected chi connectivity index (χ1v) is 6.97. The summed E-state index contributed by atoms with van der Waals surface area (Å²) in [6.07, 6.45) is 0.230. The van der Waals surface area contributed by atoms with Crippen LogP contribution in [0.5, 0.6) is 0 Å². The highest BCUT2D eigenvalue weighted by Gasteiger charge is 2.32. The minimum atomic E-state index is -0.965. The number of rotatable bonds is 5. The molecule has 0 radical (unpaired) electrons. The Bertz CT molecular complexity index is 488. The number of hydrogen-bond donors (Lipinski definition) is 1. The highest BCUT2D eigenvalue weighted by atomic mass is 16.6. The molecule has 1 aromatic rings. The Hall–Kier alpha value is -2.04. The molecular formula is C16H23NO4. The van der Waals surface area contributed by atoms with Crippen LogP contribution in [0.3, 0.4) is 0 Å². The normalized spacial score (nSPS) is 12.6. The lowest BCUT2D eigenvalue weighted by Crippen LogP contribution is -2.35. The predicted molar refractivity (Wildman–Crippen MR) is 80.5 cm³/mol. The number of benzene rings is 1. The van der Waals surface area contributed by atoms with Crippen molar-refractivity contribution in [2.75, 3.05) is 12.3 Å². The zero-order chi connectivity index (χ0) is 16.0. The van der Waals surface area contributed by atoms with Gasteiger partial charge in [0.2, 0.25) is 0 Å². The third-order valence-electron chi connectivity index (χ3n) is 2.68. The van der Waals surface area contributed by atoms with Crippen molar-refractivity contribution in [1.82, 2.24) is 0 Å². The Kier molecular flexibility index (Phi) is 5.76. The monoisotopic (exact) mass is 293 g/mol. The van der Waals surface area contributed by atoms with E-state index in [-0.39, 0.29) is 13.0 Å². The second kappa shape index (κ2) is 7.11. The van der Waals surface area contributed by atoms with Crippen LogP contribution >= 0.6 is 0 Å². The Morgan fingerprint density at radius 2 is 1.71 bits per heavy atom. The van der Waals surface area contributed by atoms with Gasteiger partial charge in [-0.15, -0.1) is 0 Å². The summed E-state index contributed by atoms with van der Waals surface area (Å²) in [5.41, 5.74) is 6.43. The first kappa shape index (κ1) is 17.0. The largest absolute Gasteiger partial charge is 0.465 e. The fourth-order valence-corrected chi connectivity index (χ4v) is 1.77. The molecule has 0 aromatic heterocycles. The van der Waals surface area contributed by atoms with Crippen molar-refractivity contribution in [1.29, 1.82) is 0 Å². The fourth-order valence-electron chi connectivity index (χ4n) is 1.77. The lowest BCUT2D eigenvalue weighted by atomic mass is 9.99. The van der Waals surface area contributed by atoms with E-state index in [0.717, 1.165) is 5.56 Å². The summed E-state index contributed by atoms with van der Waals surface area (Å²) in [6.45, 7) is 7.20. The van der Waals surface area contributed by atoms with Gasteiger partial charge in [0.1, 0.15) is 5.60 Å². The van der Waals surface area contributed by atoms with Gasteiger partial charge in [0, 0.05) is 5.69 Å². The van der Waals surface area contributed by atoms with Crippen molar-refractivity contribution in [3.05, 3.63) is 29.8 Å². The van der Waals surface area contributed by atoms with Crippen molar-refractivity contribution in [2.24, 2.45) is 5.92 Å². The average Bonchev–Trinajstić information content (AvgIpc) is 2.36. The molecule has 5 heteroatoms. The van der Waals surface area contributed by atoms with E-state index >= 15 is 0 Å². The van der Waals surface area contributed by atoms with Crippen LogP contribution in [0.1, 0.15) is 33.3 Å². The fraction of sp³-hybridized carbons (Fsp3) is 0.500. The van der Waals surface area contributed by atoms with E-state index in [2.05, 4.69) is 0 Å². The lowest BCUT2D eigenvalue weighted by molar-refractivity contribution is -0.168. The maximum Gasteiger partial charge on any atom is 0.321 e. The molecule has 0 aliphatic heterocycles. The van der Waals surface area contributed by atoms with E-state index in [1.165, 1.54) is 0 Å². The summed E-state index contributed by atoms with van der Waals surface area (Å²) in [6, 6.07) is 7.02. The summed E-state index contributed by atoms with van der Waals surface area (Å²) in [7, 11) is 0. The molecule has 0 heterocycles. The second-order valence-electron chi connectivity index (χ2n) is 5.78. The van der Waals surface area contributed by atoms with Crippen LogP contribution in [-0.2, 0) is 25.5 Å². The number of carbonyl (C=O) groups excluding carboxylic acids is 2. The minimum absolute atomic E-state index is 0.222. The number of carbonyl (C=O) groups is 2. The standard InChI is InChI=1S/C16H23NO4/c1-5-20-14(18)13(15(19)21-16(2,3)4)10-11-6-8-12(17)9-7-11/h6-9,13H,5,10,17H2,1-4H3/t13-/m0/s1. The molecule has 0 aliphatic rings. The van der Waals surface area contributed by atoms with Gasteiger partial charge in [-0.05, 0) is 51.8 Å². The number of ether oxygens (including phenoxy) is 2. The van der Waals surface area contributed by atoms with Crippen LogP contribution in [0, 0.1) is 5.92 Å². The van der Waals surface area contributed by atoms with Crippen LogP contribution in [-0.4, -0.2) is 24.1 Å². The van der Waals surface area contributed by atoms with E-state index in [1.54, 1.807) is 52.0 Å². The van der Waals surface area contributed by atoms with Crippen molar-refractivity contribution in [3.8, 4) is 0 Å². The minimum Gasteiger partial charge on any atom is -0.465 e. The van der Waals surface area contributed by atoms with E-state index in [9.17, 15) is 9.59 Å². The molecule has 1 rings (SSSR count). The molecule has 0 amide bonds. The Labute approximate surface area is 125 Å². The molecule has 0 fully saturated rings. The summed E-state index contributed by atoms with van der Waals surface area (Å²) >= 11 is 0. The highest BCUT2D eigenvalue weighted by molar-refractivity contribution is 5.95. The van der Waals surface area contributed by atoms with Crippen molar-refractivity contribution >= 4 is 17.6 Å². The third kappa shape index (κ3) is 5.85. The maximum absolute atomic E-state index is 12.2. The summed E-state index contributed by atoms with van der Waals surface area (Å²) in [5.74, 6) is -2.10. The molecule has 0 saturated heterocycles. The van der Waals surface area contributed by atoms with E-state index in [1.807, 2.05) is 0 Å². The Morgan fingerprint density at radius 1 is 1.14 bits per heavy atom. The molecule has 0 aliphatic carbocycles. The first-order chi connectivity index (χ1) is 9.73. The molecule has 0 saturated carbocycles. The molecule has 1 atom stereocenters. The number of hydrogen-bond acceptors (Lipinski definition) is 5. The second-order valence-corrected chi connectivity index (χ2v) is 5.78. The van der Waals surface area contributed by atoms with Crippen molar-refractivity contribution in [3.63, 3.8) is 0 Å². The first-order valence-electron chi connectivity index (χ1n) is 6.97. The predicted octanol–water partition coefficient (Wildman–Crippen LogP) is 2.33. The lowest BCUT2D eigenvalue weighted by Gasteiger charge is -2.23. The van der Waals surface area contributed by atoms with Gasteiger partial charge in [-0.2, -0.15) is 0 Å². The third-order valence-corrected chi connectivity index (χ3v) is 2.68. The van der Waals surface area contributed by atoms with Crippen molar-refractivity contribution < 1.29 is 19.1 Å².